The van der Waals surface area contributed by atoms with E-state index in [1.54, 1.807) is 24.3 Å². The van der Waals surface area contributed by atoms with Crippen LogP contribution in [0, 0.1) is 0 Å². The smallest absolute Gasteiger partial charge is 0.253 e. The average molecular weight is 354 g/mol. The highest BCUT2D eigenvalue weighted by Crippen LogP contribution is 2.16. The van der Waals surface area contributed by atoms with Gasteiger partial charge in [-0.3, -0.25) is 9.59 Å². The Balaban J connectivity index is 1.84. The SMILES string of the molecule is CC[C@@H](C)NC(=O)c1ccccc1NC(=O)CCCOc1ccccc1. The molecule has 0 aliphatic rings. The molecule has 2 N–H and O–H groups in total. The van der Waals surface area contributed by atoms with Crippen LogP contribution in [0.2, 0.25) is 0 Å². The lowest BCUT2D eigenvalue weighted by atomic mass is 10.1. The first-order chi connectivity index (χ1) is 12.6. The number of ether oxygens (including phenoxy) is 1. The molecule has 0 aliphatic carbocycles. The Morgan fingerprint density at radius 2 is 1.73 bits per heavy atom. The molecule has 0 heterocycles. The first kappa shape index (κ1) is 19.5. The number of anilines is 1. The summed E-state index contributed by atoms with van der Waals surface area (Å²) in [6.45, 7) is 4.43. The third kappa shape index (κ3) is 6.24. The Morgan fingerprint density at radius 1 is 1.04 bits per heavy atom. The quantitative estimate of drug-likeness (QED) is 0.669. The molecule has 0 aromatic heterocycles. The molecule has 2 amide bonds. The van der Waals surface area contributed by atoms with Crippen molar-refractivity contribution < 1.29 is 14.3 Å². The molecule has 1 atom stereocenters. The zero-order valence-electron chi connectivity index (χ0n) is 15.3. The number of hydrogen-bond donors (Lipinski definition) is 2. The van der Waals surface area contributed by atoms with Crippen molar-refractivity contribution in [2.45, 2.75) is 39.2 Å². The molecule has 138 valence electrons. The number of carbonyl (C=O) groups excluding carboxylic acids is 2. The van der Waals surface area contributed by atoms with E-state index < -0.39 is 0 Å². The van der Waals surface area contributed by atoms with E-state index in [0.29, 0.717) is 30.7 Å². The Kier molecular flexibility index (Phi) is 7.68. The summed E-state index contributed by atoms with van der Waals surface area (Å²) in [5, 5.41) is 5.75. The molecular weight excluding hydrogens is 328 g/mol. The van der Waals surface area contributed by atoms with Crippen molar-refractivity contribution in [2.75, 3.05) is 11.9 Å². The molecule has 5 nitrogen and oxygen atoms in total. The van der Waals surface area contributed by atoms with E-state index >= 15 is 0 Å². The summed E-state index contributed by atoms with van der Waals surface area (Å²) in [5.74, 6) is 0.480. The monoisotopic (exact) mass is 354 g/mol. The van der Waals surface area contributed by atoms with Crippen LogP contribution in [0.4, 0.5) is 5.69 Å². The fourth-order valence-corrected chi connectivity index (χ4v) is 2.35. The summed E-state index contributed by atoms with van der Waals surface area (Å²) in [5.41, 5.74) is 1.00. The van der Waals surface area contributed by atoms with Gasteiger partial charge >= 0.3 is 0 Å². The van der Waals surface area contributed by atoms with Crippen LogP contribution in [0.1, 0.15) is 43.5 Å². The summed E-state index contributed by atoms with van der Waals surface area (Å²) in [6, 6.07) is 16.6. The molecule has 0 saturated heterocycles. The maximum atomic E-state index is 12.4. The van der Waals surface area contributed by atoms with E-state index in [-0.39, 0.29) is 17.9 Å². The molecule has 5 heteroatoms. The average Bonchev–Trinajstić information content (AvgIpc) is 2.66. The molecule has 0 unspecified atom stereocenters. The first-order valence-electron chi connectivity index (χ1n) is 8.97. The van der Waals surface area contributed by atoms with Gasteiger partial charge in [-0.2, -0.15) is 0 Å². The van der Waals surface area contributed by atoms with Crippen molar-refractivity contribution in [2.24, 2.45) is 0 Å². The highest BCUT2D eigenvalue weighted by atomic mass is 16.5. The Bertz CT molecular complexity index is 716. The second kappa shape index (κ2) is 10.2. The summed E-state index contributed by atoms with van der Waals surface area (Å²) in [7, 11) is 0. The molecule has 0 radical (unpaired) electrons. The topological polar surface area (TPSA) is 67.4 Å². The molecule has 2 rings (SSSR count). The highest BCUT2D eigenvalue weighted by Gasteiger charge is 2.14. The van der Waals surface area contributed by atoms with Gasteiger partial charge in [0.15, 0.2) is 0 Å². The summed E-state index contributed by atoms with van der Waals surface area (Å²) in [4.78, 5) is 24.5. The minimum absolute atomic E-state index is 0.0846. The number of para-hydroxylation sites is 2. The van der Waals surface area contributed by atoms with E-state index in [0.717, 1.165) is 12.2 Å². The second-order valence-corrected chi connectivity index (χ2v) is 6.14. The van der Waals surface area contributed by atoms with Gasteiger partial charge in [0.05, 0.1) is 17.9 Å². The fraction of sp³-hybridized carbons (Fsp3) is 0.333. The third-order valence-corrected chi connectivity index (χ3v) is 4.00. The number of hydrogen-bond acceptors (Lipinski definition) is 3. The number of nitrogens with one attached hydrogen (secondary N) is 2. The van der Waals surface area contributed by atoms with Gasteiger partial charge in [-0.25, -0.2) is 0 Å². The van der Waals surface area contributed by atoms with Crippen LogP contribution in [-0.4, -0.2) is 24.5 Å². The van der Waals surface area contributed by atoms with E-state index in [4.69, 9.17) is 4.74 Å². The van der Waals surface area contributed by atoms with Crippen LogP contribution in [0.25, 0.3) is 0 Å². The lowest BCUT2D eigenvalue weighted by Gasteiger charge is -2.14. The van der Waals surface area contributed by atoms with Gasteiger partial charge in [0, 0.05) is 12.5 Å². The van der Waals surface area contributed by atoms with Crippen molar-refractivity contribution in [1.82, 2.24) is 5.32 Å². The lowest BCUT2D eigenvalue weighted by molar-refractivity contribution is -0.116. The normalized spacial score (nSPS) is 11.5. The zero-order chi connectivity index (χ0) is 18.8. The Labute approximate surface area is 154 Å². The molecule has 2 aromatic carbocycles. The molecule has 0 aliphatic heterocycles. The van der Waals surface area contributed by atoms with E-state index in [1.165, 1.54) is 0 Å². The predicted molar refractivity (Wildman–Crippen MR) is 103 cm³/mol. The van der Waals surface area contributed by atoms with Gasteiger partial charge in [-0.05, 0) is 44.0 Å². The van der Waals surface area contributed by atoms with E-state index in [9.17, 15) is 9.59 Å². The van der Waals surface area contributed by atoms with E-state index in [2.05, 4.69) is 10.6 Å². The van der Waals surface area contributed by atoms with Crippen molar-refractivity contribution in [3.8, 4) is 5.75 Å². The van der Waals surface area contributed by atoms with Crippen LogP contribution < -0.4 is 15.4 Å². The molecule has 0 saturated carbocycles. The molecule has 0 bridgehead atoms. The highest BCUT2D eigenvalue weighted by molar-refractivity contribution is 6.03. The molecule has 0 spiro atoms. The van der Waals surface area contributed by atoms with Crippen molar-refractivity contribution in [3.63, 3.8) is 0 Å². The maximum absolute atomic E-state index is 12.4. The minimum Gasteiger partial charge on any atom is -0.494 e. The van der Waals surface area contributed by atoms with Gasteiger partial charge in [-0.1, -0.05) is 37.3 Å². The van der Waals surface area contributed by atoms with Crippen LogP contribution >= 0.6 is 0 Å². The van der Waals surface area contributed by atoms with Crippen molar-refractivity contribution in [1.29, 1.82) is 0 Å². The molecule has 0 fully saturated rings. The third-order valence-electron chi connectivity index (χ3n) is 4.00. The Morgan fingerprint density at radius 3 is 2.46 bits per heavy atom. The minimum atomic E-state index is -0.178. The first-order valence-corrected chi connectivity index (χ1v) is 8.97. The van der Waals surface area contributed by atoms with E-state index in [1.807, 2.05) is 44.2 Å². The second-order valence-electron chi connectivity index (χ2n) is 6.14. The maximum Gasteiger partial charge on any atom is 0.253 e. The van der Waals surface area contributed by atoms with Gasteiger partial charge in [0.2, 0.25) is 5.91 Å². The number of amides is 2. The van der Waals surface area contributed by atoms with Crippen molar-refractivity contribution >= 4 is 17.5 Å². The van der Waals surface area contributed by atoms with Gasteiger partial charge in [0.25, 0.3) is 5.91 Å². The summed E-state index contributed by atoms with van der Waals surface area (Å²) in [6.07, 6.45) is 1.78. The fourth-order valence-electron chi connectivity index (χ4n) is 2.35. The van der Waals surface area contributed by atoms with Gasteiger partial charge in [-0.15, -0.1) is 0 Å². The lowest BCUT2D eigenvalue weighted by Crippen LogP contribution is -2.32. The molecule has 2 aromatic rings. The molecule has 26 heavy (non-hydrogen) atoms. The van der Waals surface area contributed by atoms with Crippen LogP contribution in [0.15, 0.2) is 54.6 Å². The molecular formula is C21H26N2O3. The zero-order valence-corrected chi connectivity index (χ0v) is 15.3. The van der Waals surface area contributed by atoms with Crippen LogP contribution in [-0.2, 0) is 4.79 Å². The Hall–Kier alpha value is -2.82. The number of carbonyl (C=O) groups is 2. The summed E-state index contributed by atoms with van der Waals surface area (Å²) < 4.78 is 5.58. The van der Waals surface area contributed by atoms with Crippen LogP contribution in [0.5, 0.6) is 5.75 Å². The number of benzene rings is 2. The van der Waals surface area contributed by atoms with Crippen LogP contribution in [0.3, 0.4) is 0 Å². The standard InChI is InChI=1S/C21H26N2O3/c1-3-16(2)22-21(25)18-12-7-8-13-19(18)23-20(24)14-9-15-26-17-10-5-4-6-11-17/h4-8,10-13,16H,3,9,14-15H2,1-2H3,(H,22,25)(H,23,24)/t16-/m1/s1. The predicted octanol–water partition coefficient (Wildman–Crippen LogP) is 4.01. The summed E-state index contributed by atoms with van der Waals surface area (Å²) >= 11 is 0. The number of rotatable bonds is 9. The van der Waals surface area contributed by atoms with Gasteiger partial charge < -0.3 is 15.4 Å². The van der Waals surface area contributed by atoms with Crippen molar-refractivity contribution in [3.05, 3.63) is 60.2 Å². The largest absolute Gasteiger partial charge is 0.494 e. The van der Waals surface area contributed by atoms with Gasteiger partial charge in [0.1, 0.15) is 5.75 Å².